The van der Waals surface area contributed by atoms with Crippen molar-refractivity contribution in [2.45, 2.75) is 23.4 Å². The minimum absolute atomic E-state index is 0.0832. The van der Waals surface area contributed by atoms with Crippen LogP contribution in [0.2, 0.25) is 0 Å². The van der Waals surface area contributed by atoms with Crippen molar-refractivity contribution in [2.75, 3.05) is 18.2 Å². The van der Waals surface area contributed by atoms with Gasteiger partial charge in [0.05, 0.1) is 7.11 Å². The SMILES string of the molecule is COc1cccc(NC(=O)[C@H](N[C@@H]2CCSc3ccccc32)c2ccccc2)c1. The largest absolute Gasteiger partial charge is 0.497 e. The van der Waals surface area contributed by atoms with Crippen molar-refractivity contribution in [3.8, 4) is 5.75 Å². The molecule has 29 heavy (non-hydrogen) atoms. The molecule has 4 nitrogen and oxygen atoms in total. The van der Waals surface area contributed by atoms with E-state index in [-0.39, 0.29) is 11.9 Å². The van der Waals surface area contributed by atoms with E-state index in [1.807, 2.05) is 66.4 Å². The molecule has 0 aliphatic carbocycles. The number of ether oxygens (including phenoxy) is 1. The molecule has 0 radical (unpaired) electrons. The Morgan fingerprint density at radius 1 is 1.03 bits per heavy atom. The fourth-order valence-electron chi connectivity index (χ4n) is 3.60. The van der Waals surface area contributed by atoms with Crippen LogP contribution in [0.15, 0.2) is 83.8 Å². The van der Waals surface area contributed by atoms with E-state index < -0.39 is 6.04 Å². The predicted molar refractivity (Wildman–Crippen MR) is 118 cm³/mol. The Balaban J connectivity index is 1.60. The summed E-state index contributed by atoms with van der Waals surface area (Å²) in [5.74, 6) is 1.67. The Bertz CT molecular complexity index is 977. The van der Waals surface area contributed by atoms with Crippen LogP contribution in [0, 0.1) is 0 Å². The lowest BCUT2D eigenvalue weighted by Crippen LogP contribution is -2.36. The summed E-state index contributed by atoms with van der Waals surface area (Å²) in [7, 11) is 1.62. The monoisotopic (exact) mass is 404 g/mol. The highest BCUT2D eigenvalue weighted by Crippen LogP contribution is 2.37. The third-order valence-electron chi connectivity index (χ3n) is 5.06. The Kier molecular flexibility index (Phi) is 6.17. The molecule has 0 saturated carbocycles. The number of rotatable bonds is 6. The standard InChI is InChI=1S/C24H24N2O2S/c1-28-19-11-7-10-18(16-19)25-24(27)23(17-8-3-2-4-9-17)26-21-14-15-29-22-13-6-5-12-20(21)22/h2-13,16,21,23,26H,14-15H2,1H3,(H,25,27)/t21-,23-/m1/s1. The maximum atomic E-state index is 13.3. The minimum atomic E-state index is -0.455. The molecule has 1 aliphatic heterocycles. The van der Waals surface area contributed by atoms with Crippen LogP contribution in [0.1, 0.15) is 29.6 Å². The highest BCUT2D eigenvalue weighted by molar-refractivity contribution is 7.99. The van der Waals surface area contributed by atoms with Crippen molar-refractivity contribution in [1.29, 1.82) is 0 Å². The zero-order valence-electron chi connectivity index (χ0n) is 16.3. The maximum absolute atomic E-state index is 13.3. The van der Waals surface area contributed by atoms with Crippen molar-refractivity contribution in [3.05, 3.63) is 90.0 Å². The van der Waals surface area contributed by atoms with Gasteiger partial charge in [0, 0.05) is 22.7 Å². The summed E-state index contributed by atoms with van der Waals surface area (Å²) < 4.78 is 5.27. The summed E-state index contributed by atoms with van der Waals surface area (Å²) in [6.07, 6.45) is 0.984. The van der Waals surface area contributed by atoms with Gasteiger partial charge in [-0.2, -0.15) is 0 Å². The highest BCUT2D eigenvalue weighted by Gasteiger charge is 2.27. The van der Waals surface area contributed by atoms with Crippen LogP contribution in [0.25, 0.3) is 0 Å². The van der Waals surface area contributed by atoms with E-state index in [1.165, 1.54) is 10.5 Å². The van der Waals surface area contributed by atoms with E-state index in [0.717, 1.165) is 23.4 Å². The van der Waals surface area contributed by atoms with Crippen LogP contribution in [0.3, 0.4) is 0 Å². The van der Waals surface area contributed by atoms with Gasteiger partial charge in [-0.15, -0.1) is 11.8 Å². The van der Waals surface area contributed by atoms with Gasteiger partial charge in [-0.25, -0.2) is 0 Å². The van der Waals surface area contributed by atoms with Crippen LogP contribution in [0.5, 0.6) is 5.75 Å². The average molecular weight is 405 g/mol. The number of carbonyl (C=O) groups is 1. The molecule has 148 valence electrons. The van der Waals surface area contributed by atoms with Gasteiger partial charge in [-0.05, 0) is 41.5 Å². The molecule has 2 atom stereocenters. The van der Waals surface area contributed by atoms with Gasteiger partial charge in [0.2, 0.25) is 5.91 Å². The quantitative estimate of drug-likeness (QED) is 0.593. The van der Waals surface area contributed by atoms with Crippen molar-refractivity contribution in [1.82, 2.24) is 5.32 Å². The summed E-state index contributed by atoms with van der Waals surface area (Å²) in [6.45, 7) is 0. The van der Waals surface area contributed by atoms with Crippen LogP contribution in [-0.2, 0) is 4.79 Å². The molecule has 0 spiro atoms. The molecule has 0 unspecified atom stereocenters. The summed E-state index contributed by atoms with van der Waals surface area (Å²) in [6, 6.07) is 25.4. The number of carbonyl (C=O) groups excluding carboxylic acids is 1. The molecule has 1 amide bonds. The van der Waals surface area contributed by atoms with Gasteiger partial charge in [0.1, 0.15) is 11.8 Å². The number of fused-ring (bicyclic) bond motifs is 1. The second-order valence-electron chi connectivity index (χ2n) is 6.96. The van der Waals surface area contributed by atoms with E-state index >= 15 is 0 Å². The Labute approximate surface area is 175 Å². The molecule has 0 aromatic heterocycles. The van der Waals surface area contributed by atoms with E-state index in [9.17, 15) is 4.79 Å². The summed E-state index contributed by atoms with van der Waals surface area (Å²) in [4.78, 5) is 14.6. The second kappa shape index (κ2) is 9.16. The van der Waals surface area contributed by atoms with E-state index in [0.29, 0.717) is 5.75 Å². The first-order valence-electron chi connectivity index (χ1n) is 9.72. The molecule has 2 N–H and O–H groups in total. The number of nitrogens with one attached hydrogen (secondary N) is 2. The Hall–Kier alpha value is -2.76. The van der Waals surface area contributed by atoms with Crippen LogP contribution in [0.4, 0.5) is 5.69 Å². The molecule has 4 rings (SSSR count). The van der Waals surface area contributed by atoms with Crippen molar-refractivity contribution in [3.63, 3.8) is 0 Å². The van der Waals surface area contributed by atoms with E-state index in [2.05, 4.69) is 34.9 Å². The first kappa shape index (κ1) is 19.6. The zero-order chi connectivity index (χ0) is 20.1. The number of methoxy groups -OCH3 is 1. The lowest BCUT2D eigenvalue weighted by Gasteiger charge is -2.30. The van der Waals surface area contributed by atoms with Gasteiger partial charge in [0.25, 0.3) is 0 Å². The molecule has 3 aromatic rings. The number of amides is 1. The fraction of sp³-hybridized carbons (Fsp3) is 0.208. The van der Waals surface area contributed by atoms with Crippen molar-refractivity contribution in [2.24, 2.45) is 0 Å². The van der Waals surface area contributed by atoms with E-state index in [1.54, 1.807) is 7.11 Å². The number of hydrogen-bond donors (Lipinski definition) is 2. The molecule has 1 heterocycles. The lowest BCUT2D eigenvalue weighted by atomic mass is 9.99. The fourth-order valence-corrected chi connectivity index (χ4v) is 4.73. The predicted octanol–water partition coefficient (Wildman–Crippen LogP) is 5.20. The average Bonchev–Trinajstić information content (AvgIpc) is 2.78. The van der Waals surface area contributed by atoms with Crippen LogP contribution >= 0.6 is 11.8 Å². The number of hydrogen-bond acceptors (Lipinski definition) is 4. The van der Waals surface area contributed by atoms with Crippen LogP contribution < -0.4 is 15.4 Å². The Morgan fingerprint density at radius 3 is 2.66 bits per heavy atom. The topological polar surface area (TPSA) is 50.4 Å². The molecule has 5 heteroatoms. The third-order valence-corrected chi connectivity index (χ3v) is 6.18. The van der Waals surface area contributed by atoms with Gasteiger partial charge >= 0.3 is 0 Å². The number of anilines is 1. The maximum Gasteiger partial charge on any atom is 0.246 e. The molecule has 0 saturated heterocycles. The smallest absolute Gasteiger partial charge is 0.246 e. The van der Waals surface area contributed by atoms with Gasteiger partial charge in [-0.3, -0.25) is 10.1 Å². The van der Waals surface area contributed by atoms with E-state index in [4.69, 9.17) is 4.74 Å². The summed E-state index contributed by atoms with van der Waals surface area (Å²) >= 11 is 1.88. The summed E-state index contributed by atoms with van der Waals surface area (Å²) in [5, 5.41) is 6.66. The van der Waals surface area contributed by atoms with Gasteiger partial charge in [0.15, 0.2) is 0 Å². The van der Waals surface area contributed by atoms with Gasteiger partial charge in [-0.1, -0.05) is 54.6 Å². The van der Waals surface area contributed by atoms with Gasteiger partial charge < -0.3 is 10.1 Å². The Morgan fingerprint density at radius 2 is 1.83 bits per heavy atom. The van der Waals surface area contributed by atoms with Crippen LogP contribution in [-0.4, -0.2) is 18.8 Å². The molecular formula is C24H24N2O2S. The molecule has 0 fully saturated rings. The number of thioether (sulfide) groups is 1. The molecule has 3 aromatic carbocycles. The zero-order valence-corrected chi connectivity index (χ0v) is 17.1. The lowest BCUT2D eigenvalue weighted by molar-refractivity contribution is -0.118. The second-order valence-corrected chi connectivity index (χ2v) is 8.10. The van der Waals surface area contributed by atoms with Crippen molar-refractivity contribution < 1.29 is 9.53 Å². The number of benzene rings is 3. The first-order valence-corrected chi connectivity index (χ1v) is 10.7. The third kappa shape index (κ3) is 4.63. The highest BCUT2D eigenvalue weighted by atomic mass is 32.2. The van der Waals surface area contributed by atoms with Crippen molar-refractivity contribution >= 4 is 23.4 Å². The molecular weight excluding hydrogens is 380 g/mol. The summed E-state index contributed by atoms with van der Waals surface area (Å²) in [5.41, 5.74) is 2.93. The molecule has 0 bridgehead atoms. The normalized spacial score (nSPS) is 16.5. The minimum Gasteiger partial charge on any atom is -0.497 e. The first-order chi connectivity index (χ1) is 14.2. The molecule has 1 aliphatic rings.